The van der Waals surface area contributed by atoms with E-state index < -0.39 is 24.6 Å². The standard InChI is InChI=1S/C5H5F7N/c1-13-2-3(6,7)4(8,9)5(10,11)12/h2H2,1H3. The molecule has 0 N–H and O–H groups in total. The van der Waals surface area contributed by atoms with Crippen molar-refractivity contribution in [3.05, 3.63) is 0 Å². The van der Waals surface area contributed by atoms with Gasteiger partial charge in [0.1, 0.15) is 0 Å². The van der Waals surface area contributed by atoms with Crippen LogP contribution >= 0.6 is 0 Å². The molecule has 0 aromatic carbocycles. The van der Waals surface area contributed by atoms with Gasteiger partial charge in [0.15, 0.2) is 0 Å². The molecule has 0 aromatic heterocycles. The van der Waals surface area contributed by atoms with Gasteiger partial charge in [-0.05, 0) is 0 Å². The van der Waals surface area contributed by atoms with Gasteiger partial charge in [-0.25, -0.2) is 5.32 Å². The van der Waals surface area contributed by atoms with E-state index in [1.807, 2.05) is 0 Å². The number of nitrogens with zero attached hydrogens (tertiary/aromatic N) is 1. The van der Waals surface area contributed by atoms with Crippen LogP contribution in [0.4, 0.5) is 30.7 Å². The van der Waals surface area contributed by atoms with Crippen LogP contribution in [-0.4, -0.2) is 31.6 Å². The minimum atomic E-state index is -6.26. The molecule has 0 atom stereocenters. The van der Waals surface area contributed by atoms with E-state index in [0.29, 0.717) is 0 Å². The zero-order valence-electron chi connectivity index (χ0n) is 6.30. The quantitative estimate of drug-likeness (QED) is 0.635. The van der Waals surface area contributed by atoms with Crippen molar-refractivity contribution < 1.29 is 30.7 Å². The molecule has 0 bridgehead atoms. The summed E-state index contributed by atoms with van der Waals surface area (Å²) in [5, 5.41) is 2.56. The van der Waals surface area contributed by atoms with Crippen LogP contribution in [0.1, 0.15) is 0 Å². The van der Waals surface area contributed by atoms with Gasteiger partial charge >= 0.3 is 18.0 Å². The molecule has 1 nitrogen and oxygen atoms in total. The molecule has 0 aliphatic carbocycles. The molecular weight excluding hydrogens is 207 g/mol. The molecule has 79 valence electrons. The lowest BCUT2D eigenvalue weighted by Crippen LogP contribution is -2.55. The van der Waals surface area contributed by atoms with E-state index in [9.17, 15) is 30.7 Å². The Morgan fingerprint density at radius 3 is 1.54 bits per heavy atom. The van der Waals surface area contributed by atoms with Crippen molar-refractivity contribution in [2.45, 2.75) is 18.0 Å². The Labute approximate surface area is 68.9 Å². The molecule has 8 heteroatoms. The van der Waals surface area contributed by atoms with E-state index in [2.05, 4.69) is 5.32 Å². The summed E-state index contributed by atoms with van der Waals surface area (Å²) in [5.74, 6) is -11.2. The van der Waals surface area contributed by atoms with Crippen LogP contribution < -0.4 is 5.32 Å². The zero-order valence-corrected chi connectivity index (χ0v) is 6.30. The van der Waals surface area contributed by atoms with Crippen molar-refractivity contribution >= 4 is 0 Å². The zero-order chi connectivity index (χ0) is 10.9. The third-order valence-corrected chi connectivity index (χ3v) is 1.17. The number of halogens is 7. The van der Waals surface area contributed by atoms with Gasteiger partial charge < -0.3 is 0 Å². The SMILES string of the molecule is C[N]CC(F)(F)C(F)(F)C(F)(F)F. The highest BCUT2D eigenvalue weighted by molar-refractivity contribution is 4.91. The van der Waals surface area contributed by atoms with Gasteiger partial charge in [-0.1, -0.05) is 0 Å². The van der Waals surface area contributed by atoms with E-state index in [1.165, 1.54) is 0 Å². The highest BCUT2D eigenvalue weighted by atomic mass is 19.4. The van der Waals surface area contributed by atoms with Crippen molar-refractivity contribution in [2.75, 3.05) is 13.6 Å². The predicted octanol–water partition coefficient (Wildman–Crippen LogP) is 2.05. The van der Waals surface area contributed by atoms with Gasteiger partial charge in [0.2, 0.25) is 0 Å². The Bertz CT molecular complexity index is 172. The predicted molar refractivity (Wildman–Crippen MR) is 28.9 cm³/mol. The van der Waals surface area contributed by atoms with E-state index in [4.69, 9.17) is 0 Å². The summed E-state index contributed by atoms with van der Waals surface area (Å²) in [4.78, 5) is 0. The van der Waals surface area contributed by atoms with E-state index in [1.54, 1.807) is 0 Å². The third-order valence-electron chi connectivity index (χ3n) is 1.17. The largest absolute Gasteiger partial charge is 0.459 e. The summed E-state index contributed by atoms with van der Waals surface area (Å²) in [6, 6.07) is 0. The first-order chi connectivity index (χ1) is 5.56. The molecular formula is C5H5F7N. The van der Waals surface area contributed by atoms with Crippen molar-refractivity contribution in [3.63, 3.8) is 0 Å². The summed E-state index contributed by atoms with van der Waals surface area (Å²) in [7, 11) is 0.723. The average Bonchev–Trinajstić information content (AvgIpc) is 1.84. The molecule has 0 aliphatic heterocycles. The van der Waals surface area contributed by atoms with Gasteiger partial charge in [-0.2, -0.15) is 30.7 Å². The average molecular weight is 212 g/mol. The van der Waals surface area contributed by atoms with Crippen LogP contribution in [0.2, 0.25) is 0 Å². The second kappa shape index (κ2) is 3.32. The first-order valence-corrected chi connectivity index (χ1v) is 2.94. The Morgan fingerprint density at radius 1 is 0.923 bits per heavy atom. The Hall–Kier alpha value is -0.530. The second-order valence-corrected chi connectivity index (χ2v) is 2.25. The number of hydrogen-bond acceptors (Lipinski definition) is 0. The summed E-state index contributed by atoms with van der Waals surface area (Å²) >= 11 is 0. The van der Waals surface area contributed by atoms with Gasteiger partial charge in [-0.15, -0.1) is 0 Å². The van der Waals surface area contributed by atoms with E-state index in [-0.39, 0.29) is 0 Å². The fraction of sp³-hybridized carbons (Fsp3) is 1.00. The van der Waals surface area contributed by atoms with Crippen LogP contribution in [0.15, 0.2) is 0 Å². The van der Waals surface area contributed by atoms with E-state index in [0.717, 1.165) is 7.05 Å². The highest BCUT2D eigenvalue weighted by Gasteiger charge is 2.72. The van der Waals surface area contributed by atoms with Gasteiger partial charge in [0.05, 0.1) is 6.54 Å². The van der Waals surface area contributed by atoms with Crippen LogP contribution in [0, 0.1) is 0 Å². The Morgan fingerprint density at radius 2 is 1.31 bits per heavy atom. The molecule has 0 amide bonds. The fourth-order valence-corrected chi connectivity index (χ4v) is 0.505. The van der Waals surface area contributed by atoms with Crippen LogP contribution in [0.25, 0.3) is 0 Å². The lowest BCUT2D eigenvalue weighted by Gasteiger charge is -2.27. The highest BCUT2D eigenvalue weighted by Crippen LogP contribution is 2.46. The second-order valence-electron chi connectivity index (χ2n) is 2.25. The maximum absolute atomic E-state index is 12.1. The molecule has 0 fully saturated rings. The maximum atomic E-state index is 12.1. The first-order valence-electron chi connectivity index (χ1n) is 2.94. The molecule has 1 radical (unpaired) electrons. The third kappa shape index (κ3) is 2.23. The topological polar surface area (TPSA) is 14.1 Å². The van der Waals surface area contributed by atoms with Gasteiger partial charge in [-0.3, -0.25) is 0 Å². The number of alkyl halides is 7. The molecule has 0 spiro atoms. The lowest BCUT2D eigenvalue weighted by atomic mass is 10.1. The Balaban J connectivity index is 4.81. The van der Waals surface area contributed by atoms with E-state index >= 15 is 0 Å². The molecule has 0 saturated carbocycles. The minimum Gasteiger partial charge on any atom is -0.239 e. The van der Waals surface area contributed by atoms with Crippen molar-refractivity contribution in [1.82, 2.24) is 5.32 Å². The first kappa shape index (κ1) is 12.5. The fourth-order valence-electron chi connectivity index (χ4n) is 0.505. The van der Waals surface area contributed by atoms with Gasteiger partial charge in [0, 0.05) is 7.05 Å². The van der Waals surface area contributed by atoms with Gasteiger partial charge in [0.25, 0.3) is 0 Å². The van der Waals surface area contributed by atoms with Crippen molar-refractivity contribution in [2.24, 2.45) is 0 Å². The monoisotopic (exact) mass is 212 g/mol. The Kier molecular flexibility index (Phi) is 3.18. The van der Waals surface area contributed by atoms with Crippen molar-refractivity contribution in [1.29, 1.82) is 0 Å². The minimum absolute atomic E-state index is 0.723. The number of hydrogen-bond donors (Lipinski definition) is 0. The normalized spacial score (nSPS) is 14.8. The lowest BCUT2D eigenvalue weighted by molar-refractivity contribution is -0.352. The molecule has 0 aliphatic rings. The maximum Gasteiger partial charge on any atom is 0.459 e. The number of rotatable bonds is 3. The molecule has 0 unspecified atom stereocenters. The summed E-state index contributed by atoms with van der Waals surface area (Å²) < 4.78 is 82.3. The summed E-state index contributed by atoms with van der Waals surface area (Å²) in [5.41, 5.74) is 0. The van der Waals surface area contributed by atoms with Crippen LogP contribution in [-0.2, 0) is 0 Å². The van der Waals surface area contributed by atoms with Crippen LogP contribution in [0.3, 0.4) is 0 Å². The molecule has 0 heterocycles. The molecule has 13 heavy (non-hydrogen) atoms. The summed E-state index contributed by atoms with van der Waals surface area (Å²) in [6.45, 7) is -1.86. The van der Waals surface area contributed by atoms with Crippen molar-refractivity contribution in [3.8, 4) is 0 Å². The van der Waals surface area contributed by atoms with Crippen LogP contribution in [0.5, 0.6) is 0 Å². The smallest absolute Gasteiger partial charge is 0.239 e. The molecule has 0 saturated heterocycles. The summed E-state index contributed by atoms with van der Waals surface area (Å²) in [6.07, 6.45) is -6.26. The molecule has 0 aromatic rings. The molecule has 0 rings (SSSR count).